The third-order valence-corrected chi connectivity index (χ3v) is 4.09. The van der Waals surface area contributed by atoms with E-state index in [1.54, 1.807) is 39.0 Å². The van der Waals surface area contributed by atoms with Crippen LogP contribution in [0, 0.1) is 26.6 Å². The van der Waals surface area contributed by atoms with Gasteiger partial charge in [-0.3, -0.25) is 0 Å². The highest BCUT2D eigenvalue weighted by molar-refractivity contribution is 5.72. The second-order valence-corrected chi connectivity index (χ2v) is 6.39. The van der Waals surface area contributed by atoms with Crippen molar-refractivity contribution in [3.05, 3.63) is 59.0 Å². The summed E-state index contributed by atoms with van der Waals surface area (Å²) in [6.07, 6.45) is 1.48. The predicted molar refractivity (Wildman–Crippen MR) is 97.4 cm³/mol. The van der Waals surface area contributed by atoms with Gasteiger partial charge in [-0.05, 0) is 61.7 Å². The smallest absolute Gasteiger partial charge is 0.325 e. The molecule has 0 spiro atoms. The van der Waals surface area contributed by atoms with Crippen molar-refractivity contribution in [1.82, 2.24) is 15.0 Å². The van der Waals surface area contributed by atoms with Crippen LogP contribution in [0.1, 0.15) is 16.7 Å². The second-order valence-electron chi connectivity index (χ2n) is 6.39. The first kappa shape index (κ1) is 17.0. The fraction of sp³-hybridized carbons (Fsp3) is 0.150. The van der Waals surface area contributed by atoms with Crippen LogP contribution in [0.2, 0.25) is 0 Å². The van der Waals surface area contributed by atoms with Crippen LogP contribution in [-0.4, -0.2) is 20.1 Å². The zero-order valence-electron chi connectivity index (χ0n) is 14.9. The van der Waals surface area contributed by atoms with Gasteiger partial charge in [0.2, 0.25) is 5.89 Å². The number of aromatic nitrogens is 3. The molecule has 27 heavy (non-hydrogen) atoms. The number of phenolic OH excluding ortho intramolecular Hbond substituents is 1. The summed E-state index contributed by atoms with van der Waals surface area (Å²) in [5.74, 6) is 0.516. The van der Waals surface area contributed by atoms with Crippen molar-refractivity contribution in [2.45, 2.75) is 20.8 Å². The van der Waals surface area contributed by atoms with Crippen LogP contribution in [-0.2, 0) is 0 Å². The van der Waals surface area contributed by atoms with E-state index in [0.717, 1.165) is 22.3 Å². The van der Waals surface area contributed by atoms with Gasteiger partial charge >= 0.3 is 6.01 Å². The first-order valence-corrected chi connectivity index (χ1v) is 8.28. The third kappa shape index (κ3) is 3.31. The minimum absolute atomic E-state index is 0.0354. The Labute approximate surface area is 154 Å². The molecule has 0 amide bonds. The van der Waals surface area contributed by atoms with Crippen LogP contribution in [0.15, 0.2) is 40.9 Å². The molecule has 4 rings (SSSR count). The summed E-state index contributed by atoms with van der Waals surface area (Å²) in [5, 5.41) is 9.92. The molecule has 6 nitrogen and oxygen atoms in total. The van der Waals surface area contributed by atoms with Crippen LogP contribution in [0.25, 0.3) is 22.7 Å². The Morgan fingerprint density at radius 2 is 1.74 bits per heavy atom. The molecule has 0 aliphatic carbocycles. The van der Waals surface area contributed by atoms with Gasteiger partial charge in [0.25, 0.3) is 5.71 Å². The maximum Gasteiger partial charge on any atom is 0.325 e. The molecular weight excluding hydrogens is 349 g/mol. The molecular formula is C20H16FN3O3. The summed E-state index contributed by atoms with van der Waals surface area (Å²) in [6, 6.07) is 7.95. The van der Waals surface area contributed by atoms with E-state index in [0.29, 0.717) is 17.2 Å². The molecule has 0 fully saturated rings. The monoisotopic (exact) mass is 365 g/mol. The largest absolute Gasteiger partial charge is 0.507 e. The van der Waals surface area contributed by atoms with Crippen molar-refractivity contribution in [3.8, 4) is 29.0 Å². The number of phenols is 1. The van der Waals surface area contributed by atoms with E-state index in [4.69, 9.17) is 9.15 Å². The molecule has 2 aromatic heterocycles. The molecule has 2 aromatic carbocycles. The standard InChI is InChI=1S/C20H16FN3O3/c1-10-4-14(21)8-15(5-10)26-20-22-9-16-19(24-20)27-18(23-16)13-6-11(2)17(25)12(3)7-13/h4-9,25H,1-3H3. The Morgan fingerprint density at radius 3 is 2.44 bits per heavy atom. The molecule has 0 saturated heterocycles. The number of rotatable bonds is 3. The zero-order valence-corrected chi connectivity index (χ0v) is 14.9. The quantitative estimate of drug-likeness (QED) is 0.559. The Balaban J connectivity index is 1.69. The molecule has 0 aliphatic rings. The van der Waals surface area contributed by atoms with E-state index < -0.39 is 5.82 Å². The summed E-state index contributed by atoms with van der Waals surface area (Å²) >= 11 is 0. The molecule has 7 heteroatoms. The number of oxazole rings is 1. The van der Waals surface area contributed by atoms with E-state index in [2.05, 4.69) is 15.0 Å². The maximum atomic E-state index is 13.5. The van der Waals surface area contributed by atoms with E-state index in [1.165, 1.54) is 18.3 Å². The van der Waals surface area contributed by atoms with Crippen molar-refractivity contribution in [2.75, 3.05) is 0 Å². The van der Waals surface area contributed by atoms with Crippen LogP contribution >= 0.6 is 0 Å². The van der Waals surface area contributed by atoms with Gasteiger partial charge in [-0.1, -0.05) is 0 Å². The molecule has 0 aliphatic heterocycles. The summed E-state index contributed by atoms with van der Waals surface area (Å²) in [4.78, 5) is 12.7. The molecule has 0 bridgehead atoms. The number of aryl methyl sites for hydroxylation is 3. The van der Waals surface area contributed by atoms with Gasteiger partial charge in [0.15, 0.2) is 0 Å². The van der Waals surface area contributed by atoms with Gasteiger partial charge in [-0.25, -0.2) is 14.4 Å². The lowest BCUT2D eigenvalue weighted by molar-refractivity contribution is 0.436. The summed E-state index contributed by atoms with van der Waals surface area (Å²) in [7, 11) is 0. The SMILES string of the molecule is Cc1cc(F)cc(Oc2ncc3nc(-c4cc(C)c(O)c(C)c4)oc3n2)c1. The van der Waals surface area contributed by atoms with Crippen molar-refractivity contribution in [1.29, 1.82) is 0 Å². The highest BCUT2D eigenvalue weighted by atomic mass is 19.1. The highest BCUT2D eigenvalue weighted by Gasteiger charge is 2.14. The van der Waals surface area contributed by atoms with E-state index in [9.17, 15) is 9.50 Å². The van der Waals surface area contributed by atoms with Crippen molar-refractivity contribution >= 4 is 11.2 Å². The molecule has 1 N–H and O–H groups in total. The number of ether oxygens (including phenoxy) is 1. The van der Waals surface area contributed by atoms with Gasteiger partial charge in [-0.2, -0.15) is 4.98 Å². The lowest BCUT2D eigenvalue weighted by Crippen LogP contribution is -1.92. The summed E-state index contributed by atoms with van der Waals surface area (Å²) < 4.78 is 24.8. The average molecular weight is 365 g/mol. The number of aromatic hydroxyl groups is 1. The number of halogens is 1. The molecule has 136 valence electrons. The Hall–Kier alpha value is -3.48. The Kier molecular flexibility index (Phi) is 3.99. The molecule has 0 radical (unpaired) electrons. The number of hydrogen-bond acceptors (Lipinski definition) is 6. The van der Waals surface area contributed by atoms with Crippen LogP contribution in [0.3, 0.4) is 0 Å². The van der Waals surface area contributed by atoms with Gasteiger partial charge in [0.1, 0.15) is 22.8 Å². The molecule has 4 aromatic rings. The number of benzene rings is 2. The van der Waals surface area contributed by atoms with Gasteiger partial charge in [0, 0.05) is 11.6 Å². The van der Waals surface area contributed by atoms with Gasteiger partial charge in [0.05, 0.1) is 6.20 Å². The fourth-order valence-corrected chi connectivity index (χ4v) is 2.84. The lowest BCUT2D eigenvalue weighted by Gasteiger charge is -2.04. The van der Waals surface area contributed by atoms with Crippen molar-refractivity contribution in [2.24, 2.45) is 0 Å². The minimum atomic E-state index is -0.397. The lowest BCUT2D eigenvalue weighted by atomic mass is 10.1. The number of hydrogen-bond donors (Lipinski definition) is 1. The highest BCUT2D eigenvalue weighted by Crippen LogP contribution is 2.30. The second kappa shape index (κ2) is 6.35. The van der Waals surface area contributed by atoms with Crippen molar-refractivity contribution < 1.29 is 18.7 Å². The molecule has 0 unspecified atom stereocenters. The molecule has 0 saturated carbocycles. The predicted octanol–water partition coefficient (Wildman–Crippen LogP) is 4.85. The van der Waals surface area contributed by atoms with Gasteiger partial charge in [-0.15, -0.1) is 0 Å². The van der Waals surface area contributed by atoms with E-state index >= 15 is 0 Å². The van der Waals surface area contributed by atoms with Crippen LogP contribution < -0.4 is 4.74 Å². The van der Waals surface area contributed by atoms with Gasteiger partial charge < -0.3 is 14.3 Å². The average Bonchev–Trinajstić information content (AvgIpc) is 3.01. The van der Waals surface area contributed by atoms with Crippen molar-refractivity contribution in [3.63, 3.8) is 0 Å². The fourth-order valence-electron chi connectivity index (χ4n) is 2.84. The first-order chi connectivity index (χ1) is 12.9. The maximum absolute atomic E-state index is 13.5. The third-order valence-electron chi connectivity index (χ3n) is 4.09. The zero-order chi connectivity index (χ0) is 19.1. The summed E-state index contributed by atoms with van der Waals surface area (Å²) in [6.45, 7) is 5.38. The Bertz CT molecular complexity index is 1130. The summed E-state index contributed by atoms with van der Waals surface area (Å²) in [5.41, 5.74) is 3.63. The normalized spacial score (nSPS) is 11.1. The first-order valence-electron chi connectivity index (χ1n) is 8.28. The Morgan fingerprint density at radius 1 is 1.00 bits per heavy atom. The van der Waals surface area contributed by atoms with E-state index in [1.807, 2.05) is 0 Å². The molecule has 2 heterocycles. The number of nitrogens with zero attached hydrogens (tertiary/aromatic N) is 3. The van der Waals surface area contributed by atoms with Crippen LogP contribution in [0.4, 0.5) is 4.39 Å². The molecule has 0 atom stereocenters. The van der Waals surface area contributed by atoms with E-state index in [-0.39, 0.29) is 17.5 Å². The topological polar surface area (TPSA) is 81.3 Å². The van der Waals surface area contributed by atoms with Crippen LogP contribution in [0.5, 0.6) is 17.5 Å². The minimum Gasteiger partial charge on any atom is -0.507 e. The number of fused-ring (bicyclic) bond motifs is 1.